The summed E-state index contributed by atoms with van der Waals surface area (Å²) in [5.74, 6) is 0.684. The van der Waals surface area contributed by atoms with Crippen molar-refractivity contribution in [2.24, 2.45) is 0 Å². The van der Waals surface area contributed by atoms with E-state index in [1.54, 1.807) is 12.1 Å². The molecule has 2 aromatic rings. The number of hydrogen-bond donors (Lipinski definition) is 1. The van der Waals surface area contributed by atoms with Crippen LogP contribution in [-0.2, 0) is 0 Å². The number of amides is 1. The SMILES string of the molecule is CCOc1ccc(NC(=O)c2cccc(Br)c2)c(C)c1. The highest BCUT2D eigenvalue weighted by Crippen LogP contribution is 2.22. The van der Waals surface area contributed by atoms with E-state index in [1.165, 1.54) is 0 Å². The lowest BCUT2D eigenvalue weighted by molar-refractivity contribution is 0.102. The van der Waals surface area contributed by atoms with Crippen LogP contribution in [0.25, 0.3) is 0 Å². The lowest BCUT2D eigenvalue weighted by Crippen LogP contribution is -2.12. The summed E-state index contributed by atoms with van der Waals surface area (Å²) in [4.78, 5) is 12.2. The number of aryl methyl sites for hydroxylation is 1. The van der Waals surface area contributed by atoms with Crippen molar-refractivity contribution >= 4 is 27.5 Å². The largest absolute Gasteiger partial charge is 0.494 e. The van der Waals surface area contributed by atoms with Crippen molar-refractivity contribution in [3.05, 3.63) is 58.1 Å². The van der Waals surface area contributed by atoms with E-state index in [9.17, 15) is 4.79 Å². The summed E-state index contributed by atoms with van der Waals surface area (Å²) in [5.41, 5.74) is 2.38. The van der Waals surface area contributed by atoms with Crippen molar-refractivity contribution in [1.29, 1.82) is 0 Å². The fourth-order valence-corrected chi connectivity index (χ4v) is 2.26. The Morgan fingerprint density at radius 1 is 1.25 bits per heavy atom. The zero-order valence-corrected chi connectivity index (χ0v) is 13.0. The summed E-state index contributed by atoms with van der Waals surface area (Å²) in [6, 6.07) is 12.9. The quantitative estimate of drug-likeness (QED) is 0.899. The normalized spacial score (nSPS) is 10.2. The van der Waals surface area contributed by atoms with E-state index in [0.29, 0.717) is 12.2 Å². The van der Waals surface area contributed by atoms with E-state index in [4.69, 9.17) is 4.74 Å². The molecule has 0 fully saturated rings. The molecule has 0 aromatic heterocycles. The Balaban J connectivity index is 2.15. The number of carbonyl (C=O) groups is 1. The van der Waals surface area contributed by atoms with E-state index in [0.717, 1.165) is 21.5 Å². The second-order valence-electron chi connectivity index (χ2n) is 4.37. The van der Waals surface area contributed by atoms with Crippen LogP contribution >= 0.6 is 15.9 Å². The minimum absolute atomic E-state index is 0.126. The number of anilines is 1. The molecule has 0 heterocycles. The summed E-state index contributed by atoms with van der Waals surface area (Å²) in [6.07, 6.45) is 0. The highest BCUT2D eigenvalue weighted by molar-refractivity contribution is 9.10. The maximum Gasteiger partial charge on any atom is 0.255 e. The van der Waals surface area contributed by atoms with Gasteiger partial charge in [0.15, 0.2) is 0 Å². The molecule has 2 aromatic carbocycles. The third-order valence-corrected chi connectivity index (χ3v) is 3.34. The average Bonchev–Trinajstić information content (AvgIpc) is 2.42. The maximum atomic E-state index is 12.2. The lowest BCUT2D eigenvalue weighted by Gasteiger charge is -2.11. The molecule has 0 spiro atoms. The molecule has 0 saturated heterocycles. The minimum Gasteiger partial charge on any atom is -0.494 e. The molecular formula is C16H16BrNO2. The fraction of sp³-hybridized carbons (Fsp3) is 0.188. The first-order chi connectivity index (χ1) is 9.60. The van der Waals surface area contributed by atoms with Gasteiger partial charge >= 0.3 is 0 Å². The van der Waals surface area contributed by atoms with E-state index in [-0.39, 0.29) is 5.91 Å². The van der Waals surface area contributed by atoms with Gasteiger partial charge in [0.05, 0.1) is 6.61 Å². The molecule has 0 radical (unpaired) electrons. The summed E-state index contributed by atoms with van der Waals surface area (Å²) in [5, 5.41) is 2.91. The second kappa shape index (κ2) is 6.57. The molecular weight excluding hydrogens is 318 g/mol. The first-order valence-electron chi connectivity index (χ1n) is 6.40. The third kappa shape index (κ3) is 3.61. The first-order valence-corrected chi connectivity index (χ1v) is 7.20. The molecule has 0 aliphatic rings. The standard InChI is InChI=1S/C16H16BrNO2/c1-3-20-14-7-8-15(11(2)9-14)18-16(19)12-5-4-6-13(17)10-12/h4-10H,3H2,1-2H3,(H,18,19). The van der Waals surface area contributed by atoms with Crippen molar-refractivity contribution in [3.63, 3.8) is 0 Å². The monoisotopic (exact) mass is 333 g/mol. The first kappa shape index (κ1) is 14.6. The Labute approximate surface area is 127 Å². The fourth-order valence-electron chi connectivity index (χ4n) is 1.86. The van der Waals surface area contributed by atoms with Crippen molar-refractivity contribution in [3.8, 4) is 5.75 Å². The summed E-state index contributed by atoms with van der Waals surface area (Å²) in [6.45, 7) is 4.51. The van der Waals surface area contributed by atoms with Gasteiger partial charge in [-0.1, -0.05) is 22.0 Å². The minimum atomic E-state index is -0.126. The Kier molecular flexibility index (Phi) is 4.79. The molecule has 2 rings (SSSR count). The maximum absolute atomic E-state index is 12.2. The number of rotatable bonds is 4. The molecule has 0 atom stereocenters. The highest BCUT2D eigenvalue weighted by Gasteiger charge is 2.08. The molecule has 1 amide bonds. The Hall–Kier alpha value is -1.81. The van der Waals surface area contributed by atoms with Gasteiger partial charge in [-0.25, -0.2) is 0 Å². The predicted molar refractivity (Wildman–Crippen MR) is 84.4 cm³/mol. The van der Waals surface area contributed by atoms with E-state index in [1.807, 2.05) is 44.2 Å². The molecule has 0 saturated carbocycles. The van der Waals surface area contributed by atoms with Crippen LogP contribution in [0, 0.1) is 6.92 Å². The molecule has 0 bridgehead atoms. The number of carbonyl (C=O) groups excluding carboxylic acids is 1. The van der Waals surface area contributed by atoms with Crippen LogP contribution in [-0.4, -0.2) is 12.5 Å². The number of ether oxygens (including phenoxy) is 1. The lowest BCUT2D eigenvalue weighted by atomic mass is 10.1. The van der Waals surface area contributed by atoms with Crippen LogP contribution in [0.2, 0.25) is 0 Å². The van der Waals surface area contributed by atoms with Crippen LogP contribution < -0.4 is 10.1 Å². The molecule has 104 valence electrons. The van der Waals surface area contributed by atoms with Gasteiger partial charge in [-0.05, 0) is 55.8 Å². The average molecular weight is 334 g/mol. The van der Waals surface area contributed by atoms with Crippen LogP contribution in [0.1, 0.15) is 22.8 Å². The molecule has 3 nitrogen and oxygen atoms in total. The van der Waals surface area contributed by atoms with E-state index >= 15 is 0 Å². The predicted octanol–water partition coefficient (Wildman–Crippen LogP) is 4.41. The highest BCUT2D eigenvalue weighted by atomic mass is 79.9. The molecule has 0 aliphatic carbocycles. The number of benzene rings is 2. The smallest absolute Gasteiger partial charge is 0.255 e. The number of halogens is 1. The van der Waals surface area contributed by atoms with Crippen molar-refractivity contribution in [1.82, 2.24) is 0 Å². The van der Waals surface area contributed by atoms with Crippen LogP contribution in [0.3, 0.4) is 0 Å². The topological polar surface area (TPSA) is 38.3 Å². The summed E-state index contributed by atoms with van der Waals surface area (Å²) in [7, 11) is 0. The Morgan fingerprint density at radius 3 is 2.70 bits per heavy atom. The van der Waals surface area contributed by atoms with Gasteiger partial charge in [-0.3, -0.25) is 4.79 Å². The zero-order chi connectivity index (χ0) is 14.5. The van der Waals surface area contributed by atoms with Crippen LogP contribution in [0.5, 0.6) is 5.75 Å². The molecule has 20 heavy (non-hydrogen) atoms. The van der Waals surface area contributed by atoms with Gasteiger partial charge in [0, 0.05) is 15.7 Å². The molecule has 4 heteroatoms. The van der Waals surface area contributed by atoms with Gasteiger partial charge in [0.1, 0.15) is 5.75 Å². The second-order valence-corrected chi connectivity index (χ2v) is 5.29. The van der Waals surface area contributed by atoms with Gasteiger partial charge < -0.3 is 10.1 Å². The van der Waals surface area contributed by atoms with Crippen molar-refractivity contribution in [2.75, 3.05) is 11.9 Å². The van der Waals surface area contributed by atoms with Gasteiger partial charge in [0.2, 0.25) is 0 Å². The Morgan fingerprint density at radius 2 is 2.05 bits per heavy atom. The van der Waals surface area contributed by atoms with Gasteiger partial charge in [-0.2, -0.15) is 0 Å². The molecule has 0 unspecified atom stereocenters. The van der Waals surface area contributed by atoms with Crippen LogP contribution in [0.4, 0.5) is 5.69 Å². The molecule has 1 N–H and O–H groups in total. The third-order valence-electron chi connectivity index (χ3n) is 2.84. The van der Waals surface area contributed by atoms with Crippen LogP contribution in [0.15, 0.2) is 46.9 Å². The van der Waals surface area contributed by atoms with Crippen molar-refractivity contribution in [2.45, 2.75) is 13.8 Å². The summed E-state index contributed by atoms with van der Waals surface area (Å²) >= 11 is 3.36. The number of nitrogens with one attached hydrogen (secondary N) is 1. The van der Waals surface area contributed by atoms with E-state index in [2.05, 4.69) is 21.2 Å². The van der Waals surface area contributed by atoms with Gasteiger partial charge in [0.25, 0.3) is 5.91 Å². The summed E-state index contributed by atoms with van der Waals surface area (Å²) < 4.78 is 6.31. The number of hydrogen-bond acceptors (Lipinski definition) is 2. The Bertz CT molecular complexity index is 626. The van der Waals surface area contributed by atoms with E-state index < -0.39 is 0 Å². The van der Waals surface area contributed by atoms with Crippen molar-refractivity contribution < 1.29 is 9.53 Å². The zero-order valence-electron chi connectivity index (χ0n) is 11.4. The van der Waals surface area contributed by atoms with Gasteiger partial charge in [-0.15, -0.1) is 0 Å². The molecule has 0 aliphatic heterocycles.